The maximum absolute atomic E-state index is 5.22. The van der Waals surface area contributed by atoms with Crippen LogP contribution in [0.3, 0.4) is 0 Å². The van der Waals surface area contributed by atoms with Gasteiger partial charge in [-0.15, -0.1) is 10.2 Å². The van der Waals surface area contributed by atoms with Gasteiger partial charge in [-0.3, -0.25) is 0 Å². The zero-order valence-electron chi connectivity index (χ0n) is 11.6. The Labute approximate surface area is 114 Å². The SMILES string of the molecule is CCN(CC)c1ccc(-c2cccc(OC)c2)nn1. The van der Waals surface area contributed by atoms with Gasteiger partial charge in [0, 0.05) is 18.7 Å². The van der Waals surface area contributed by atoms with Gasteiger partial charge in [0.05, 0.1) is 12.8 Å². The van der Waals surface area contributed by atoms with Gasteiger partial charge in [-0.2, -0.15) is 0 Å². The fourth-order valence-corrected chi connectivity index (χ4v) is 1.98. The number of methoxy groups -OCH3 is 1. The van der Waals surface area contributed by atoms with Crippen LogP contribution in [0, 0.1) is 0 Å². The highest BCUT2D eigenvalue weighted by Crippen LogP contribution is 2.22. The largest absolute Gasteiger partial charge is 0.497 e. The van der Waals surface area contributed by atoms with Gasteiger partial charge in [0.2, 0.25) is 0 Å². The van der Waals surface area contributed by atoms with Crippen LogP contribution in [-0.2, 0) is 0 Å². The van der Waals surface area contributed by atoms with E-state index in [1.165, 1.54) is 0 Å². The highest BCUT2D eigenvalue weighted by Gasteiger charge is 2.06. The van der Waals surface area contributed by atoms with Gasteiger partial charge in [0.1, 0.15) is 5.75 Å². The van der Waals surface area contributed by atoms with Crippen molar-refractivity contribution >= 4 is 5.82 Å². The summed E-state index contributed by atoms with van der Waals surface area (Å²) in [5.41, 5.74) is 1.87. The van der Waals surface area contributed by atoms with E-state index in [-0.39, 0.29) is 0 Å². The fourth-order valence-electron chi connectivity index (χ4n) is 1.98. The molecule has 1 aromatic carbocycles. The van der Waals surface area contributed by atoms with Crippen molar-refractivity contribution in [3.8, 4) is 17.0 Å². The molecule has 0 spiro atoms. The van der Waals surface area contributed by atoms with Crippen LogP contribution < -0.4 is 9.64 Å². The first-order chi connectivity index (χ1) is 9.28. The number of hydrogen-bond acceptors (Lipinski definition) is 4. The van der Waals surface area contributed by atoms with E-state index in [0.29, 0.717) is 0 Å². The summed E-state index contributed by atoms with van der Waals surface area (Å²) in [4.78, 5) is 2.17. The van der Waals surface area contributed by atoms with Crippen LogP contribution in [0.4, 0.5) is 5.82 Å². The summed E-state index contributed by atoms with van der Waals surface area (Å²) < 4.78 is 5.22. The second-order valence-corrected chi connectivity index (χ2v) is 4.18. The predicted octanol–water partition coefficient (Wildman–Crippen LogP) is 3.00. The third-order valence-electron chi connectivity index (χ3n) is 3.10. The topological polar surface area (TPSA) is 38.2 Å². The van der Waals surface area contributed by atoms with Crippen molar-refractivity contribution in [3.63, 3.8) is 0 Å². The normalized spacial score (nSPS) is 10.3. The van der Waals surface area contributed by atoms with E-state index in [4.69, 9.17) is 4.74 Å². The molecule has 0 aliphatic heterocycles. The minimum atomic E-state index is 0.826. The summed E-state index contributed by atoms with van der Waals surface area (Å²) >= 11 is 0. The summed E-state index contributed by atoms with van der Waals surface area (Å²) in [5.74, 6) is 1.74. The van der Waals surface area contributed by atoms with Crippen molar-refractivity contribution in [1.82, 2.24) is 10.2 Å². The Kier molecular flexibility index (Phi) is 4.34. The number of rotatable bonds is 5. The van der Waals surface area contributed by atoms with E-state index in [1.807, 2.05) is 36.4 Å². The summed E-state index contributed by atoms with van der Waals surface area (Å²) in [7, 11) is 1.66. The second-order valence-electron chi connectivity index (χ2n) is 4.18. The number of aromatic nitrogens is 2. The van der Waals surface area contributed by atoms with Crippen molar-refractivity contribution in [2.24, 2.45) is 0 Å². The van der Waals surface area contributed by atoms with Crippen molar-refractivity contribution in [2.45, 2.75) is 13.8 Å². The zero-order valence-corrected chi connectivity index (χ0v) is 11.6. The molecule has 1 heterocycles. The molecule has 0 radical (unpaired) electrons. The molecule has 0 aliphatic rings. The van der Waals surface area contributed by atoms with Crippen LogP contribution >= 0.6 is 0 Å². The van der Waals surface area contributed by atoms with Crippen molar-refractivity contribution in [3.05, 3.63) is 36.4 Å². The minimum absolute atomic E-state index is 0.826. The van der Waals surface area contributed by atoms with E-state index in [1.54, 1.807) is 7.11 Å². The highest BCUT2D eigenvalue weighted by molar-refractivity contribution is 5.61. The zero-order chi connectivity index (χ0) is 13.7. The Morgan fingerprint density at radius 2 is 1.84 bits per heavy atom. The standard InChI is InChI=1S/C15H19N3O/c1-4-18(5-2)15-10-9-14(16-17-15)12-7-6-8-13(11-12)19-3/h6-11H,4-5H2,1-3H3. The molecule has 2 aromatic rings. The Bertz CT molecular complexity index is 521. The monoisotopic (exact) mass is 257 g/mol. The minimum Gasteiger partial charge on any atom is -0.497 e. The molecular formula is C15H19N3O. The van der Waals surface area contributed by atoms with E-state index < -0.39 is 0 Å². The van der Waals surface area contributed by atoms with Gasteiger partial charge >= 0.3 is 0 Å². The number of hydrogen-bond donors (Lipinski definition) is 0. The molecule has 0 aliphatic carbocycles. The molecule has 4 nitrogen and oxygen atoms in total. The molecule has 4 heteroatoms. The maximum Gasteiger partial charge on any atom is 0.151 e. The lowest BCUT2D eigenvalue weighted by Crippen LogP contribution is -2.23. The second kappa shape index (κ2) is 6.18. The Morgan fingerprint density at radius 1 is 1.05 bits per heavy atom. The molecule has 0 atom stereocenters. The van der Waals surface area contributed by atoms with Gasteiger partial charge in [-0.25, -0.2) is 0 Å². The van der Waals surface area contributed by atoms with Gasteiger partial charge in [0.15, 0.2) is 5.82 Å². The molecular weight excluding hydrogens is 238 g/mol. The van der Waals surface area contributed by atoms with Crippen LogP contribution in [0.1, 0.15) is 13.8 Å². The first kappa shape index (κ1) is 13.3. The molecule has 1 aromatic heterocycles. The Balaban J connectivity index is 2.26. The number of nitrogens with zero attached hydrogens (tertiary/aromatic N) is 3. The molecule has 0 fully saturated rings. The van der Waals surface area contributed by atoms with Crippen molar-refractivity contribution < 1.29 is 4.74 Å². The Morgan fingerprint density at radius 3 is 2.42 bits per heavy atom. The predicted molar refractivity (Wildman–Crippen MR) is 77.6 cm³/mol. The third-order valence-corrected chi connectivity index (χ3v) is 3.10. The molecule has 0 unspecified atom stereocenters. The summed E-state index contributed by atoms with van der Waals surface area (Å²) in [5, 5.41) is 8.58. The van der Waals surface area contributed by atoms with Crippen LogP contribution in [0.25, 0.3) is 11.3 Å². The van der Waals surface area contributed by atoms with E-state index in [2.05, 4.69) is 28.9 Å². The molecule has 100 valence electrons. The number of ether oxygens (including phenoxy) is 1. The molecule has 2 rings (SSSR count). The maximum atomic E-state index is 5.22. The first-order valence-corrected chi connectivity index (χ1v) is 6.51. The van der Waals surface area contributed by atoms with Crippen molar-refractivity contribution in [2.75, 3.05) is 25.1 Å². The summed E-state index contributed by atoms with van der Waals surface area (Å²) in [6.07, 6.45) is 0. The lowest BCUT2D eigenvalue weighted by Gasteiger charge is -2.18. The molecule has 0 saturated heterocycles. The average Bonchev–Trinajstić information content (AvgIpc) is 2.49. The quantitative estimate of drug-likeness (QED) is 0.825. The van der Waals surface area contributed by atoms with Crippen LogP contribution in [0.15, 0.2) is 36.4 Å². The average molecular weight is 257 g/mol. The molecule has 19 heavy (non-hydrogen) atoms. The lowest BCUT2D eigenvalue weighted by atomic mass is 10.1. The Hall–Kier alpha value is -2.10. The van der Waals surface area contributed by atoms with E-state index >= 15 is 0 Å². The van der Waals surface area contributed by atoms with Gasteiger partial charge in [0.25, 0.3) is 0 Å². The number of anilines is 1. The van der Waals surface area contributed by atoms with Crippen LogP contribution in [0.5, 0.6) is 5.75 Å². The van der Waals surface area contributed by atoms with Crippen molar-refractivity contribution in [1.29, 1.82) is 0 Å². The van der Waals surface area contributed by atoms with E-state index in [9.17, 15) is 0 Å². The smallest absolute Gasteiger partial charge is 0.151 e. The first-order valence-electron chi connectivity index (χ1n) is 6.51. The molecule has 0 saturated carbocycles. The van der Waals surface area contributed by atoms with Crippen LogP contribution in [-0.4, -0.2) is 30.4 Å². The third kappa shape index (κ3) is 3.02. The van der Waals surface area contributed by atoms with Gasteiger partial charge in [-0.05, 0) is 38.1 Å². The van der Waals surface area contributed by atoms with Gasteiger partial charge < -0.3 is 9.64 Å². The molecule has 0 bridgehead atoms. The van der Waals surface area contributed by atoms with E-state index in [0.717, 1.165) is 35.9 Å². The summed E-state index contributed by atoms with van der Waals surface area (Å²) in [6, 6.07) is 11.8. The summed E-state index contributed by atoms with van der Waals surface area (Å²) in [6.45, 7) is 6.09. The number of benzene rings is 1. The molecule has 0 N–H and O–H groups in total. The highest BCUT2D eigenvalue weighted by atomic mass is 16.5. The van der Waals surface area contributed by atoms with Gasteiger partial charge in [-0.1, -0.05) is 12.1 Å². The fraction of sp³-hybridized carbons (Fsp3) is 0.333. The lowest BCUT2D eigenvalue weighted by molar-refractivity contribution is 0.415. The van der Waals surface area contributed by atoms with Crippen LogP contribution in [0.2, 0.25) is 0 Å². The molecule has 0 amide bonds.